The molecule has 1 aliphatic heterocycles. The third-order valence-corrected chi connectivity index (χ3v) is 3.28. The van der Waals surface area contributed by atoms with Crippen molar-refractivity contribution in [2.45, 2.75) is 6.10 Å². The van der Waals surface area contributed by atoms with E-state index < -0.39 is 6.10 Å². The van der Waals surface area contributed by atoms with Crippen molar-refractivity contribution in [2.24, 2.45) is 0 Å². The monoisotopic (exact) mass is 289 g/mol. The number of hydrogen-bond acceptors (Lipinski definition) is 5. The Hall–Kier alpha value is -3.02. The topological polar surface area (TPSA) is 114 Å². The highest BCUT2D eigenvalue weighted by molar-refractivity contribution is 5.69. The van der Waals surface area contributed by atoms with Gasteiger partial charge in [0.1, 0.15) is 17.1 Å². The summed E-state index contributed by atoms with van der Waals surface area (Å²) < 4.78 is 4.26. The molecule has 21 heavy (non-hydrogen) atoms. The van der Waals surface area contributed by atoms with Crippen LogP contribution in [0.4, 0.5) is 0 Å². The van der Waals surface area contributed by atoms with E-state index in [1.165, 1.54) is 30.3 Å². The van der Waals surface area contributed by atoms with Crippen LogP contribution >= 0.6 is 0 Å². The fourth-order valence-corrected chi connectivity index (χ4v) is 2.25. The van der Waals surface area contributed by atoms with Gasteiger partial charge in [-0.2, -0.15) is 0 Å². The number of aliphatic hydroxyl groups excluding tert-OH is 1. The van der Waals surface area contributed by atoms with Gasteiger partial charge < -0.3 is 30.3 Å². The number of hydrogen-bond donors (Lipinski definition) is 5. The van der Waals surface area contributed by atoms with E-state index in [1.54, 1.807) is 0 Å². The number of aromatic hydroxyl groups is 5. The molecule has 108 valence electrons. The first-order valence-corrected chi connectivity index (χ1v) is 6.15. The van der Waals surface area contributed by atoms with Crippen molar-refractivity contribution >= 4 is 6.08 Å². The Labute approximate surface area is 119 Å². The van der Waals surface area contributed by atoms with Crippen LogP contribution in [-0.2, 0) is 0 Å². The van der Waals surface area contributed by atoms with Gasteiger partial charge in [0.25, 0.3) is 11.9 Å². The molecule has 1 heterocycles. The third-order valence-electron chi connectivity index (χ3n) is 3.28. The standard InChI is InChI=1S/C15H12O6/c16-8-4-11(18)9-6-13(20)15(21-14(9)5-8)7-1-2-10(17)12(19)3-7/h1-6,15-20H/p+1. The average molecular weight is 289 g/mol. The Kier molecular flexibility index (Phi) is 2.79. The predicted molar refractivity (Wildman–Crippen MR) is 74.6 cm³/mol. The second-order valence-corrected chi connectivity index (χ2v) is 4.75. The van der Waals surface area contributed by atoms with Gasteiger partial charge >= 0.3 is 0 Å². The number of ether oxygens (including phenoxy) is 1. The summed E-state index contributed by atoms with van der Waals surface area (Å²) >= 11 is 0. The summed E-state index contributed by atoms with van der Waals surface area (Å²) in [6.45, 7) is 0. The molecule has 6 N–H and O–H groups in total. The summed E-state index contributed by atoms with van der Waals surface area (Å²) in [7, 11) is 0. The van der Waals surface area contributed by atoms with E-state index in [9.17, 15) is 25.5 Å². The van der Waals surface area contributed by atoms with Crippen molar-refractivity contribution < 1.29 is 30.3 Å². The van der Waals surface area contributed by atoms with Gasteiger partial charge in [-0.1, -0.05) is 0 Å². The van der Waals surface area contributed by atoms with Crippen molar-refractivity contribution in [3.05, 3.63) is 47.2 Å². The van der Waals surface area contributed by atoms with Crippen LogP contribution < -0.4 is 0 Å². The van der Waals surface area contributed by atoms with Gasteiger partial charge in [0, 0.05) is 12.1 Å². The quantitative estimate of drug-likeness (QED) is 0.408. The average Bonchev–Trinajstić information content (AvgIpc) is 2.42. The highest BCUT2D eigenvalue weighted by Crippen LogP contribution is 2.44. The molecule has 0 amide bonds. The summed E-state index contributed by atoms with van der Waals surface area (Å²) in [5.41, 5.74) is 0.775. The molecule has 6 nitrogen and oxygen atoms in total. The van der Waals surface area contributed by atoms with Gasteiger partial charge in [-0.25, -0.2) is 0 Å². The molecule has 0 aliphatic carbocycles. The smallest absolute Gasteiger partial charge is 0.270 e. The Balaban J connectivity index is 2.06. The molecule has 1 unspecified atom stereocenters. The van der Waals surface area contributed by atoms with Crippen LogP contribution in [0, 0.1) is 0 Å². The number of fused-ring (bicyclic) bond motifs is 1. The first-order valence-electron chi connectivity index (χ1n) is 6.15. The van der Waals surface area contributed by atoms with Gasteiger partial charge in [0.05, 0.1) is 11.6 Å². The van der Waals surface area contributed by atoms with Crippen molar-refractivity contribution in [2.75, 3.05) is 0 Å². The first-order chi connectivity index (χ1) is 9.95. The molecule has 1 aliphatic rings. The largest absolute Gasteiger partial charge is 0.571 e. The van der Waals surface area contributed by atoms with E-state index in [1.807, 2.05) is 0 Å². The van der Waals surface area contributed by atoms with Crippen LogP contribution in [0.3, 0.4) is 0 Å². The normalized spacial score (nSPS) is 16.8. The lowest BCUT2D eigenvalue weighted by Gasteiger charge is -2.22. The molecular formula is C15H13O6+. The maximum absolute atomic E-state index is 10.1. The van der Waals surface area contributed by atoms with Gasteiger partial charge in [-0.3, -0.25) is 0 Å². The van der Waals surface area contributed by atoms with E-state index in [2.05, 4.69) is 4.74 Å². The lowest BCUT2D eigenvalue weighted by Crippen LogP contribution is -2.12. The number of phenols is 4. The van der Waals surface area contributed by atoms with Gasteiger partial charge in [0.15, 0.2) is 17.3 Å². The Bertz CT molecular complexity index is 750. The number of aliphatic hydroxyl groups is 2. The molecular weight excluding hydrogens is 276 g/mol. The van der Waals surface area contributed by atoms with Crippen LogP contribution in [0.2, 0.25) is 0 Å². The molecule has 6 heteroatoms. The minimum atomic E-state index is -0.787. The molecule has 2 aromatic carbocycles. The second-order valence-electron chi connectivity index (χ2n) is 4.75. The Morgan fingerprint density at radius 2 is 1.57 bits per heavy atom. The number of phenolic OH excluding ortho intramolecular Hbond substituents is 4. The van der Waals surface area contributed by atoms with Gasteiger partial charge in [-0.05, 0) is 18.2 Å². The maximum Gasteiger partial charge on any atom is 0.270 e. The van der Waals surface area contributed by atoms with Crippen molar-refractivity contribution in [3.63, 3.8) is 0 Å². The first kappa shape index (κ1) is 13.0. The number of benzene rings is 2. The predicted octanol–water partition coefficient (Wildman–Crippen LogP) is 2.40. The fraction of sp³-hybridized carbons (Fsp3) is 0.0667. The van der Waals surface area contributed by atoms with E-state index in [4.69, 9.17) is 0 Å². The zero-order chi connectivity index (χ0) is 15.1. The van der Waals surface area contributed by atoms with Crippen LogP contribution in [-0.4, -0.2) is 30.3 Å². The summed E-state index contributed by atoms with van der Waals surface area (Å²) in [6.07, 6.45) is 0.566. The molecule has 2 aromatic rings. The van der Waals surface area contributed by atoms with Crippen LogP contribution in [0.5, 0.6) is 28.7 Å². The highest BCUT2D eigenvalue weighted by atomic mass is 16.5. The highest BCUT2D eigenvalue weighted by Gasteiger charge is 2.31. The summed E-state index contributed by atoms with van der Waals surface area (Å²) in [6, 6.07) is 6.63. The molecule has 0 saturated heterocycles. The molecule has 0 fully saturated rings. The second kappa shape index (κ2) is 4.52. The number of rotatable bonds is 1. The maximum atomic E-state index is 10.1. The Morgan fingerprint density at radius 3 is 2.29 bits per heavy atom. The van der Waals surface area contributed by atoms with E-state index in [0.29, 0.717) is 16.9 Å². The van der Waals surface area contributed by atoms with Crippen LogP contribution in [0.15, 0.2) is 36.1 Å². The summed E-state index contributed by atoms with van der Waals surface area (Å²) in [4.78, 5) is 0. The van der Waals surface area contributed by atoms with Gasteiger partial charge in [0.2, 0.25) is 0 Å². The zero-order valence-electron chi connectivity index (χ0n) is 10.7. The SMILES string of the molecule is OC1=Cc2c(O)cc(O)cc2[OH+]C1c1ccc(O)c(O)c1. The molecule has 0 spiro atoms. The van der Waals surface area contributed by atoms with Crippen LogP contribution in [0.1, 0.15) is 17.2 Å². The molecule has 3 rings (SSSR count). The van der Waals surface area contributed by atoms with Crippen molar-refractivity contribution in [1.29, 1.82) is 0 Å². The molecule has 1 atom stereocenters. The van der Waals surface area contributed by atoms with E-state index >= 15 is 0 Å². The summed E-state index contributed by atoms with van der Waals surface area (Å²) in [5.74, 6) is -0.713. The minimum absolute atomic E-state index is 0.117. The third kappa shape index (κ3) is 2.16. The van der Waals surface area contributed by atoms with Crippen molar-refractivity contribution in [1.82, 2.24) is 0 Å². The molecule has 0 radical (unpaired) electrons. The lowest BCUT2D eigenvalue weighted by molar-refractivity contribution is -0.0196. The minimum Gasteiger partial charge on any atom is -0.571 e. The Morgan fingerprint density at radius 1 is 0.810 bits per heavy atom. The fourth-order valence-electron chi connectivity index (χ4n) is 2.25. The lowest BCUT2D eigenvalue weighted by atomic mass is 10.0. The molecule has 0 bridgehead atoms. The van der Waals surface area contributed by atoms with Crippen LogP contribution in [0.25, 0.3) is 6.08 Å². The summed E-state index contributed by atoms with van der Waals surface area (Å²) in [5, 5.41) is 48.2. The van der Waals surface area contributed by atoms with Gasteiger partial charge in [-0.15, -0.1) is 0 Å². The van der Waals surface area contributed by atoms with E-state index in [0.717, 1.165) is 6.07 Å². The molecule has 0 aromatic heterocycles. The molecule has 0 saturated carbocycles. The van der Waals surface area contributed by atoms with E-state index in [-0.39, 0.29) is 28.8 Å². The zero-order valence-corrected chi connectivity index (χ0v) is 10.7. The van der Waals surface area contributed by atoms with Crippen molar-refractivity contribution in [3.8, 4) is 28.7 Å².